The Hall–Kier alpha value is -1.42. The number of nitrogens with one attached hydrogen (secondary N) is 1. The minimum atomic E-state index is 0.156. The first-order valence-corrected chi connectivity index (χ1v) is 7.46. The van der Waals surface area contributed by atoms with Crippen molar-refractivity contribution in [3.05, 3.63) is 36.0 Å². The number of aromatic amines is 1. The molecule has 1 aromatic heterocycles. The molecule has 1 N–H and O–H groups in total. The highest BCUT2D eigenvalue weighted by atomic mass is 32.2. The number of H-pyrrole nitrogens is 1. The third-order valence-corrected chi connectivity index (χ3v) is 4.64. The van der Waals surface area contributed by atoms with Gasteiger partial charge in [-0.3, -0.25) is 4.79 Å². The van der Waals surface area contributed by atoms with Gasteiger partial charge in [-0.2, -0.15) is 11.8 Å². The second kappa shape index (κ2) is 4.69. The van der Waals surface area contributed by atoms with E-state index in [1.165, 1.54) is 0 Å². The fraction of sp³-hybridized carbons (Fsp3) is 0.357. The van der Waals surface area contributed by atoms with Gasteiger partial charge in [-0.15, -0.1) is 0 Å². The normalized spacial score (nSPS) is 19.6. The third kappa shape index (κ3) is 1.90. The average molecular weight is 260 g/mol. The van der Waals surface area contributed by atoms with E-state index in [-0.39, 0.29) is 5.91 Å². The van der Waals surface area contributed by atoms with Crippen LogP contribution in [0, 0.1) is 0 Å². The Bertz CT molecular complexity index is 578. The van der Waals surface area contributed by atoms with Crippen molar-refractivity contribution in [2.24, 2.45) is 0 Å². The standard InChI is InChI=1S/C14H16N2OS/c1-18-10-6-7-16(9-10)14(17)12-8-15-13-5-3-2-4-11(12)13/h2-5,8,10,15H,6-7,9H2,1H3. The molecule has 1 saturated heterocycles. The number of fused-ring (bicyclic) bond motifs is 1. The van der Waals surface area contributed by atoms with Crippen LogP contribution in [0.25, 0.3) is 10.9 Å². The van der Waals surface area contributed by atoms with E-state index in [0.29, 0.717) is 5.25 Å². The molecule has 4 heteroatoms. The van der Waals surface area contributed by atoms with Crippen molar-refractivity contribution < 1.29 is 4.79 Å². The molecule has 94 valence electrons. The molecule has 2 aromatic rings. The van der Waals surface area contributed by atoms with Crippen LogP contribution >= 0.6 is 11.8 Å². The lowest BCUT2D eigenvalue weighted by Gasteiger charge is -2.15. The zero-order valence-corrected chi connectivity index (χ0v) is 11.2. The van der Waals surface area contributed by atoms with Crippen molar-refractivity contribution in [1.82, 2.24) is 9.88 Å². The van der Waals surface area contributed by atoms with E-state index in [2.05, 4.69) is 11.2 Å². The van der Waals surface area contributed by atoms with Crippen LogP contribution < -0.4 is 0 Å². The molecule has 0 radical (unpaired) electrons. The smallest absolute Gasteiger partial charge is 0.256 e. The molecule has 3 nitrogen and oxygen atoms in total. The lowest BCUT2D eigenvalue weighted by Crippen LogP contribution is -2.28. The van der Waals surface area contributed by atoms with Gasteiger partial charge < -0.3 is 9.88 Å². The Morgan fingerprint density at radius 3 is 3.06 bits per heavy atom. The maximum Gasteiger partial charge on any atom is 0.256 e. The quantitative estimate of drug-likeness (QED) is 0.901. The van der Waals surface area contributed by atoms with Crippen molar-refractivity contribution in [3.63, 3.8) is 0 Å². The van der Waals surface area contributed by atoms with Gasteiger partial charge in [0.05, 0.1) is 5.56 Å². The number of aromatic nitrogens is 1. The number of carbonyl (C=O) groups is 1. The van der Waals surface area contributed by atoms with E-state index in [4.69, 9.17) is 0 Å². The van der Waals surface area contributed by atoms with Gasteiger partial charge >= 0.3 is 0 Å². The van der Waals surface area contributed by atoms with Gasteiger partial charge in [-0.1, -0.05) is 18.2 Å². The fourth-order valence-electron chi connectivity index (χ4n) is 2.52. The molecule has 18 heavy (non-hydrogen) atoms. The van der Waals surface area contributed by atoms with Gasteiger partial charge in [0.25, 0.3) is 5.91 Å². The van der Waals surface area contributed by atoms with Gasteiger partial charge in [-0.05, 0) is 18.7 Å². The molecule has 1 atom stereocenters. The van der Waals surface area contributed by atoms with Crippen LogP contribution in [0.5, 0.6) is 0 Å². The first-order chi connectivity index (χ1) is 8.79. The molecule has 0 aliphatic carbocycles. The molecule has 1 aromatic carbocycles. The van der Waals surface area contributed by atoms with Crippen molar-refractivity contribution >= 4 is 28.6 Å². The molecule has 1 fully saturated rings. The summed E-state index contributed by atoms with van der Waals surface area (Å²) in [4.78, 5) is 17.6. The lowest BCUT2D eigenvalue weighted by molar-refractivity contribution is 0.0795. The number of benzene rings is 1. The van der Waals surface area contributed by atoms with E-state index in [1.807, 2.05) is 47.1 Å². The molecule has 1 aliphatic heterocycles. The topological polar surface area (TPSA) is 36.1 Å². The summed E-state index contributed by atoms with van der Waals surface area (Å²) in [5.74, 6) is 0.156. The van der Waals surface area contributed by atoms with E-state index >= 15 is 0 Å². The Balaban J connectivity index is 1.89. The number of rotatable bonds is 2. The Morgan fingerprint density at radius 1 is 1.44 bits per heavy atom. The van der Waals surface area contributed by atoms with Gasteiger partial charge in [0, 0.05) is 35.4 Å². The van der Waals surface area contributed by atoms with Crippen LogP contribution in [0.3, 0.4) is 0 Å². The first-order valence-electron chi connectivity index (χ1n) is 6.18. The minimum absolute atomic E-state index is 0.156. The molecule has 1 amide bonds. The number of nitrogens with zero attached hydrogens (tertiary/aromatic N) is 1. The number of carbonyl (C=O) groups excluding carboxylic acids is 1. The van der Waals surface area contributed by atoms with Crippen LogP contribution in [0.2, 0.25) is 0 Å². The van der Waals surface area contributed by atoms with E-state index in [9.17, 15) is 4.79 Å². The zero-order valence-electron chi connectivity index (χ0n) is 10.3. The molecule has 0 saturated carbocycles. The van der Waals surface area contributed by atoms with Crippen molar-refractivity contribution in [3.8, 4) is 0 Å². The van der Waals surface area contributed by atoms with E-state index in [1.54, 1.807) is 0 Å². The number of hydrogen-bond acceptors (Lipinski definition) is 2. The molecule has 1 unspecified atom stereocenters. The van der Waals surface area contributed by atoms with E-state index < -0.39 is 0 Å². The van der Waals surface area contributed by atoms with Crippen LogP contribution in [-0.4, -0.2) is 40.4 Å². The molecule has 0 bridgehead atoms. The van der Waals surface area contributed by atoms with Crippen LogP contribution in [0.4, 0.5) is 0 Å². The maximum absolute atomic E-state index is 12.5. The maximum atomic E-state index is 12.5. The third-order valence-electron chi connectivity index (χ3n) is 3.59. The number of amides is 1. The average Bonchev–Trinajstić information content (AvgIpc) is 3.04. The highest BCUT2D eigenvalue weighted by Gasteiger charge is 2.27. The highest BCUT2D eigenvalue weighted by molar-refractivity contribution is 7.99. The summed E-state index contributed by atoms with van der Waals surface area (Å²) in [5, 5.41) is 1.62. The van der Waals surface area contributed by atoms with Crippen molar-refractivity contribution in [2.45, 2.75) is 11.7 Å². The summed E-state index contributed by atoms with van der Waals surface area (Å²) in [6.45, 7) is 1.75. The van der Waals surface area contributed by atoms with Crippen molar-refractivity contribution in [1.29, 1.82) is 0 Å². The van der Waals surface area contributed by atoms with Gasteiger partial charge in [0.2, 0.25) is 0 Å². The molecule has 2 heterocycles. The minimum Gasteiger partial charge on any atom is -0.360 e. The van der Waals surface area contributed by atoms with Gasteiger partial charge in [-0.25, -0.2) is 0 Å². The van der Waals surface area contributed by atoms with Gasteiger partial charge in [0.1, 0.15) is 0 Å². The molecule has 3 rings (SSSR count). The molecular formula is C14H16N2OS. The predicted molar refractivity (Wildman–Crippen MR) is 76.1 cm³/mol. The second-order valence-corrected chi connectivity index (χ2v) is 5.78. The van der Waals surface area contributed by atoms with Crippen molar-refractivity contribution in [2.75, 3.05) is 19.3 Å². The molecule has 0 spiro atoms. The summed E-state index contributed by atoms with van der Waals surface area (Å²) in [7, 11) is 0. The van der Waals surface area contributed by atoms with Crippen LogP contribution in [-0.2, 0) is 0 Å². The Morgan fingerprint density at radius 2 is 2.28 bits per heavy atom. The SMILES string of the molecule is CSC1CCN(C(=O)c2c[nH]c3ccccc23)C1. The summed E-state index contributed by atoms with van der Waals surface area (Å²) in [6.07, 6.45) is 5.05. The van der Waals surface area contributed by atoms with Crippen LogP contribution in [0.15, 0.2) is 30.5 Å². The van der Waals surface area contributed by atoms with Gasteiger partial charge in [0.15, 0.2) is 0 Å². The summed E-state index contributed by atoms with van der Waals surface area (Å²) < 4.78 is 0. The molecule has 1 aliphatic rings. The number of hydrogen-bond donors (Lipinski definition) is 1. The Labute approximate surface area is 111 Å². The Kier molecular flexibility index (Phi) is 3.04. The predicted octanol–water partition coefficient (Wildman–Crippen LogP) is 2.75. The summed E-state index contributed by atoms with van der Waals surface area (Å²) >= 11 is 1.85. The fourth-order valence-corrected chi connectivity index (χ4v) is 3.19. The largest absolute Gasteiger partial charge is 0.360 e. The summed E-state index contributed by atoms with van der Waals surface area (Å²) in [6, 6.07) is 7.95. The number of likely N-dealkylation sites (tertiary alicyclic amines) is 1. The number of thioether (sulfide) groups is 1. The van der Waals surface area contributed by atoms with Crippen LogP contribution in [0.1, 0.15) is 16.8 Å². The number of para-hydroxylation sites is 1. The summed E-state index contributed by atoms with van der Waals surface area (Å²) in [5.41, 5.74) is 1.83. The second-order valence-electron chi connectivity index (χ2n) is 4.65. The molecular weight excluding hydrogens is 244 g/mol. The first kappa shape index (κ1) is 11.7. The highest BCUT2D eigenvalue weighted by Crippen LogP contribution is 2.24. The lowest BCUT2D eigenvalue weighted by atomic mass is 10.1. The van der Waals surface area contributed by atoms with E-state index in [0.717, 1.165) is 36.0 Å². The monoisotopic (exact) mass is 260 g/mol. The zero-order chi connectivity index (χ0) is 12.5.